The van der Waals surface area contributed by atoms with E-state index in [1.54, 1.807) is 0 Å². The van der Waals surface area contributed by atoms with Gasteiger partial charge in [-0.3, -0.25) is 9.59 Å². The molecule has 5 atom stereocenters. The molecule has 2 bridgehead atoms. The zero-order valence-corrected chi connectivity index (χ0v) is 14.1. The fourth-order valence-corrected chi connectivity index (χ4v) is 3.46. The predicted octanol–water partition coefficient (Wildman–Crippen LogP) is 3.64. The van der Waals surface area contributed by atoms with Crippen LogP contribution in [0.15, 0.2) is 12.2 Å². The van der Waals surface area contributed by atoms with Crippen molar-refractivity contribution in [2.24, 2.45) is 17.3 Å². The van der Waals surface area contributed by atoms with Crippen LogP contribution in [0.1, 0.15) is 59.8 Å². The normalized spacial score (nSPS) is 31.8. The number of rotatable bonds is 7. The zero-order chi connectivity index (χ0) is 16.3. The highest BCUT2D eigenvalue weighted by molar-refractivity contribution is 5.85. The molecule has 0 aromatic carbocycles. The SMILES string of the molecule is CCC(C)OC(=O)CC1(C(=O)OC(C)CC)CC2C=CC1C2. The Morgan fingerprint density at radius 3 is 2.27 bits per heavy atom. The molecule has 4 nitrogen and oxygen atoms in total. The molecule has 22 heavy (non-hydrogen) atoms. The molecule has 0 aromatic rings. The van der Waals surface area contributed by atoms with Crippen LogP contribution in [0.4, 0.5) is 0 Å². The molecule has 0 spiro atoms. The van der Waals surface area contributed by atoms with Crippen LogP contribution in [-0.4, -0.2) is 24.1 Å². The van der Waals surface area contributed by atoms with E-state index in [1.165, 1.54) is 0 Å². The Morgan fingerprint density at radius 1 is 1.14 bits per heavy atom. The molecule has 0 N–H and O–H groups in total. The quantitative estimate of drug-likeness (QED) is 0.532. The summed E-state index contributed by atoms with van der Waals surface area (Å²) in [6, 6.07) is 0. The van der Waals surface area contributed by atoms with Crippen molar-refractivity contribution in [3.63, 3.8) is 0 Å². The van der Waals surface area contributed by atoms with Crippen LogP contribution < -0.4 is 0 Å². The molecular formula is C18H28O4. The summed E-state index contributed by atoms with van der Waals surface area (Å²) in [5, 5.41) is 0. The summed E-state index contributed by atoms with van der Waals surface area (Å²) < 4.78 is 11.0. The number of ether oxygens (including phenoxy) is 2. The van der Waals surface area contributed by atoms with E-state index in [-0.39, 0.29) is 36.5 Å². The minimum Gasteiger partial charge on any atom is -0.463 e. The molecule has 0 aromatic heterocycles. The molecule has 4 heteroatoms. The molecule has 2 aliphatic carbocycles. The molecule has 0 amide bonds. The van der Waals surface area contributed by atoms with Crippen molar-refractivity contribution in [1.29, 1.82) is 0 Å². The van der Waals surface area contributed by atoms with Crippen LogP contribution >= 0.6 is 0 Å². The first-order valence-corrected chi connectivity index (χ1v) is 8.50. The summed E-state index contributed by atoms with van der Waals surface area (Å²) in [4.78, 5) is 25.0. The van der Waals surface area contributed by atoms with Gasteiger partial charge in [-0.15, -0.1) is 0 Å². The largest absolute Gasteiger partial charge is 0.463 e. The highest BCUT2D eigenvalue weighted by atomic mass is 16.6. The highest BCUT2D eigenvalue weighted by Crippen LogP contribution is 2.55. The van der Waals surface area contributed by atoms with E-state index in [0.29, 0.717) is 12.3 Å². The number of carbonyl (C=O) groups excluding carboxylic acids is 2. The molecule has 0 aliphatic heterocycles. The Bertz CT molecular complexity index is 456. The van der Waals surface area contributed by atoms with E-state index < -0.39 is 5.41 Å². The molecule has 2 aliphatic rings. The third kappa shape index (κ3) is 3.36. The minimum absolute atomic E-state index is 0.107. The predicted molar refractivity (Wildman–Crippen MR) is 84.1 cm³/mol. The second-order valence-electron chi connectivity index (χ2n) is 6.86. The van der Waals surface area contributed by atoms with Crippen molar-refractivity contribution in [3.05, 3.63) is 12.2 Å². The van der Waals surface area contributed by atoms with Gasteiger partial charge in [0.1, 0.15) is 0 Å². The van der Waals surface area contributed by atoms with Gasteiger partial charge in [0.15, 0.2) is 0 Å². The van der Waals surface area contributed by atoms with Crippen molar-refractivity contribution in [2.45, 2.75) is 72.0 Å². The first kappa shape index (κ1) is 17.0. The number of esters is 2. The highest BCUT2D eigenvalue weighted by Gasteiger charge is 2.56. The van der Waals surface area contributed by atoms with Gasteiger partial charge in [-0.2, -0.15) is 0 Å². The van der Waals surface area contributed by atoms with Gasteiger partial charge in [0.2, 0.25) is 0 Å². The maximum absolute atomic E-state index is 12.8. The fourth-order valence-electron chi connectivity index (χ4n) is 3.46. The van der Waals surface area contributed by atoms with Gasteiger partial charge in [0.25, 0.3) is 0 Å². The number of allylic oxidation sites excluding steroid dienone is 2. The van der Waals surface area contributed by atoms with E-state index in [0.717, 1.165) is 19.3 Å². The molecule has 0 heterocycles. The van der Waals surface area contributed by atoms with E-state index in [9.17, 15) is 9.59 Å². The van der Waals surface area contributed by atoms with Gasteiger partial charge in [-0.1, -0.05) is 26.0 Å². The topological polar surface area (TPSA) is 52.6 Å². The van der Waals surface area contributed by atoms with Gasteiger partial charge >= 0.3 is 11.9 Å². The summed E-state index contributed by atoms with van der Waals surface area (Å²) in [7, 11) is 0. The third-order valence-corrected chi connectivity index (χ3v) is 5.17. The molecule has 1 saturated carbocycles. The van der Waals surface area contributed by atoms with Crippen molar-refractivity contribution >= 4 is 11.9 Å². The lowest BCUT2D eigenvalue weighted by Crippen LogP contribution is -2.41. The number of hydrogen-bond donors (Lipinski definition) is 0. The van der Waals surface area contributed by atoms with Crippen molar-refractivity contribution in [2.75, 3.05) is 0 Å². The van der Waals surface area contributed by atoms with Crippen LogP contribution in [0.25, 0.3) is 0 Å². The standard InChI is InChI=1S/C18H28O4/c1-5-12(3)21-16(19)11-18(17(20)22-13(4)6-2)10-14-7-8-15(18)9-14/h7-8,12-15H,5-6,9-11H2,1-4H3. The number of carbonyl (C=O) groups is 2. The molecular weight excluding hydrogens is 280 g/mol. The molecule has 0 radical (unpaired) electrons. The van der Waals surface area contributed by atoms with E-state index in [2.05, 4.69) is 12.2 Å². The number of fused-ring (bicyclic) bond motifs is 2. The fraction of sp³-hybridized carbons (Fsp3) is 0.778. The van der Waals surface area contributed by atoms with Crippen molar-refractivity contribution < 1.29 is 19.1 Å². The summed E-state index contributed by atoms with van der Waals surface area (Å²) in [6.45, 7) is 7.74. The smallest absolute Gasteiger partial charge is 0.313 e. The second-order valence-corrected chi connectivity index (χ2v) is 6.86. The van der Waals surface area contributed by atoms with Gasteiger partial charge in [0.05, 0.1) is 24.0 Å². The van der Waals surface area contributed by atoms with Gasteiger partial charge in [0, 0.05) is 0 Å². The number of hydrogen-bond acceptors (Lipinski definition) is 4. The van der Waals surface area contributed by atoms with Gasteiger partial charge in [-0.25, -0.2) is 0 Å². The monoisotopic (exact) mass is 308 g/mol. The average Bonchev–Trinajstić information content (AvgIpc) is 3.07. The lowest BCUT2D eigenvalue weighted by molar-refractivity contribution is -0.170. The molecule has 5 unspecified atom stereocenters. The van der Waals surface area contributed by atoms with Crippen molar-refractivity contribution in [3.8, 4) is 0 Å². The molecule has 1 fully saturated rings. The van der Waals surface area contributed by atoms with Crippen LogP contribution in [-0.2, 0) is 19.1 Å². The second kappa shape index (κ2) is 6.84. The first-order chi connectivity index (χ1) is 10.4. The van der Waals surface area contributed by atoms with Crippen LogP contribution in [0, 0.1) is 17.3 Å². The lowest BCUT2D eigenvalue weighted by Gasteiger charge is -2.33. The van der Waals surface area contributed by atoms with E-state index in [4.69, 9.17) is 9.47 Å². The van der Waals surface area contributed by atoms with Crippen LogP contribution in [0.3, 0.4) is 0 Å². The van der Waals surface area contributed by atoms with Crippen LogP contribution in [0.5, 0.6) is 0 Å². The van der Waals surface area contributed by atoms with Gasteiger partial charge < -0.3 is 9.47 Å². The maximum Gasteiger partial charge on any atom is 0.313 e. The first-order valence-electron chi connectivity index (χ1n) is 8.50. The molecule has 2 rings (SSSR count). The summed E-state index contributed by atoms with van der Waals surface area (Å²) in [6.07, 6.45) is 7.39. The Hall–Kier alpha value is -1.32. The van der Waals surface area contributed by atoms with E-state index >= 15 is 0 Å². The third-order valence-electron chi connectivity index (χ3n) is 5.17. The van der Waals surface area contributed by atoms with Crippen LogP contribution in [0.2, 0.25) is 0 Å². The maximum atomic E-state index is 12.8. The Kier molecular flexibility index (Phi) is 5.30. The summed E-state index contributed by atoms with van der Waals surface area (Å²) in [5.74, 6) is 0.000577. The Morgan fingerprint density at radius 2 is 1.77 bits per heavy atom. The van der Waals surface area contributed by atoms with Crippen molar-refractivity contribution in [1.82, 2.24) is 0 Å². The zero-order valence-electron chi connectivity index (χ0n) is 14.1. The van der Waals surface area contributed by atoms with E-state index in [1.807, 2.05) is 27.7 Å². The molecule has 124 valence electrons. The summed E-state index contributed by atoms with van der Waals surface area (Å²) >= 11 is 0. The Labute approximate surface area is 133 Å². The average molecular weight is 308 g/mol. The summed E-state index contributed by atoms with van der Waals surface area (Å²) in [5.41, 5.74) is -0.715. The Balaban J connectivity index is 2.12. The minimum atomic E-state index is -0.715. The molecule has 0 saturated heterocycles. The lowest BCUT2D eigenvalue weighted by atomic mass is 9.73. The van der Waals surface area contributed by atoms with Gasteiger partial charge in [-0.05, 0) is 51.4 Å².